The maximum absolute atomic E-state index is 5.39. The van der Waals surface area contributed by atoms with Crippen LogP contribution in [0.3, 0.4) is 0 Å². The van der Waals surface area contributed by atoms with Gasteiger partial charge in [0.25, 0.3) is 0 Å². The van der Waals surface area contributed by atoms with E-state index in [2.05, 4.69) is 46.4 Å². The van der Waals surface area contributed by atoms with Crippen molar-refractivity contribution in [2.75, 3.05) is 30.3 Å². The minimum atomic E-state index is 0.374. The number of hydrogen-bond donors (Lipinski definition) is 2. The summed E-state index contributed by atoms with van der Waals surface area (Å²) in [6.45, 7) is 10.9. The van der Waals surface area contributed by atoms with Crippen LogP contribution in [0, 0.1) is 11.3 Å². The molecule has 2 rings (SSSR count). The molecule has 0 bridgehead atoms. The minimum absolute atomic E-state index is 0.374. The minimum Gasteiger partial charge on any atom is -0.464 e. The molecule has 0 spiro atoms. The van der Waals surface area contributed by atoms with E-state index in [-0.39, 0.29) is 0 Å². The molecule has 1 heterocycles. The Bertz CT molecular complexity index is 449. The van der Waals surface area contributed by atoms with E-state index in [1.165, 1.54) is 6.42 Å². The number of nitrogens with zero attached hydrogens (tertiary/aromatic N) is 3. The van der Waals surface area contributed by atoms with Gasteiger partial charge < -0.3 is 15.4 Å². The number of hydrogen-bond acceptors (Lipinski definition) is 6. The predicted molar refractivity (Wildman–Crippen MR) is 80.2 cm³/mol. The molecule has 1 unspecified atom stereocenters. The van der Waals surface area contributed by atoms with Gasteiger partial charge in [-0.1, -0.05) is 20.8 Å². The third-order valence-corrected chi connectivity index (χ3v) is 3.65. The molecule has 0 amide bonds. The highest BCUT2D eigenvalue weighted by molar-refractivity contribution is 5.36. The molecule has 0 radical (unpaired) electrons. The molecule has 6 nitrogen and oxygen atoms in total. The van der Waals surface area contributed by atoms with Crippen molar-refractivity contribution < 1.29 is 4.74 Å². The fourth-order valence-corrected chi connectivity index (χ4v) is 2.08. The number of nitrogens with one attached hydrogen (secondary N) is 2. The van der Waals surface area contributed by atoms with E-state index in [0.29, 0.717) is 35.8 Å². The van der Waals surface area contributed by atoms with Crippen molar-refractivity contribution in [2.24, 2.45) is 11.3 Å². The monoisotopic (exact) mass is 279 g/mol. The van der Waals surface area contributed by atoms with Gasteiger partial charge in [0.1, 0.15) is 0 Å². The van der Waals surface area contributed by atoms with Crippen LogP contribution in [0.2, 0.25) is 0 Å². The average molecular weight is 279 g/mol. The summed E-state index contributed by atoms with van der Waals surface area (Å²) in [6.07, 6.45) is 2.28. The molecule has 1 aromatic rings. The van der Waals surface area contributed by atoms with Crippen LogP contribution in [0.4, 0.5) is 11.9 Å². The van der Waals surface area contributed by atoms with E-state index >= 15 is 0 Å². The van der Waals surface area contributed by atoms with Crippen molar-refractivity contribution in [3.8, 4) is 6.01 Å². The Labute approximate surface area is 120 Å². The van der Waals surface area contributed by atoms with Gasteiger partial charge in [0.05, 0.1) is 6.61 Å². The topological polar surface area (TPSA) is 72.0 Å². The second kappa shape index (κ2) is 6.24. The third kappa shape index (κ3) is 3.95. The normalized spacial score (nSPS) is 19.5. The summed E-state index contributed by atoms with van der Waals surface area (Å²) >= 11 is 0. The van der Waals surface area contributed by atoms with Crippen LogP contribution >= 0.6 is 0 Å². The van der Waals surface area contributed by atoms with Crippen molar-refractivity contribution >= 4 is 11.9 Å². The number of rotatable bonds is 8. The molecule has 2 N–H and O–H groups in total. The summed E-state index contributed by atoms with van der Waals surface area (Å²) in [6, 6.07) is 0.374. The predicted octanol–water partition coefficient (Wildman–Crippen LogP) is 2.55. The molecule has 6 heteroatoms. The Morgan fingerprint density at radius 3 is 2.35 bits per heavy atom. The quantitative estimate of drug-likeness (QED) is 0.762. The molecular formula is C14H25N5O. The first-order valence-corrected chi connectivity index (χ1v) is 7.41. The van der Waals surface area contributed by atoms with Crippen LogP contribution in [-0.2, 0) is 0 Å². The standard InChI is InChI=1S/C14H25N5O/c1-5-7-15-11-17-12(19-13(18-11)20-6-2)16-9-10-8-14(10,3)4/h10H,5-9H2,1-4H3,(H2,15,16,17,18,19). The largest absolute Gasteiger partial charge is 0.464 e. The summed E-state index contributed by atoms with van der Waals surface area (Å²) in [5.41, 5.74) is 0.450. The molecule has 1 atom stereocenters. The van der Waals surface area contributed by atoms with Gasteiger partial charge in [-0.2, -0.15) is 15.0 Å². The highest BCUT2D eigenvalue weighted by atomic mass is 16.5. The Balaban J connectivity index is 2.00. The van der Waals surface area contributed by atoms with Crippen molar-refractivity contribution in [3.63, 3.8) is 0 Å². The van der Waals surface area contributed by atoms with Crippen LogP contribution in [0.15, 0.2) is 0 Å². The Morgan fingerprint density at radius 1 is 1.15 bits per heavy atom. The highest BCUT2D eigenvalue weighted by Gasteiger charge is 2.45. The van der Waals surface area contributed by atoms with Crippen molar-refractivity contribution in [3.05, 3.63) is 0 Å². The van der Waals surface area contributed by atoms with Gasteiger partial charge in [-0.25, -0.2) is 0 Å². The van der Waals surface area contributed by atoms with Crippen LogP contribution < -0.4 is 15.4 Å². The van der Waals surface area contributed by atoms with E-state index in [0.717, 1.165) is 19.5 Å². The van der Waals surface area contributed by atoms with E-state index in [9.17, 15) is 0 Å². The first-order valence-electron chi connectivity index (χ1n) is 7.41. The molecule has 0 saturated heterocycles. The van der Waals surface area contributed by atoms with Crippen LogP contribution in [0.5, 0.6) is 6.01 Å². The van der Waals surface area contributed by atoms with Crippen molar-refractivity contribution in [1.82, 2.24) is 15.0 Å². The smallest absolute Gasteiger partial charge is 0.323 e. The van der Waals surface area contributed by atoms with Gasteiger partial charge in [-0.05, 0) is 31.1 Å². The van der Waals surface area contributed by atoms with Crippen LogP contribution in [0.25, 0.3) is 0 Å². The van der Waals surface area contributed by atoms with Crippen LogP contribution in [-0.4, -0.2) is 34.6 Å². The molecule has 1 saturated carbocycles. The molecule has 1 aliphatic rings. The average Bonchev–Trinajstić information content (AvgIpc) is 3.02. The fourth-order valence-electron chi connectivity index (χ4n) is 2.08. The lowest BCUT2D eigenvalue weighted by atomic mass is 10.1. The van der Waals surface area contributed by atoms with Gasteiger partial charge in [0.2, 0.25) is 11.9 Å². The zero-order chi connectivity index (χ0) is 14.6. The molecule has 112 valence electrons. The lowest BCUT2D eigenvalue weighted by molar-refractivity contribution is 0.312. The molecule has 1 aromatic heterocycles. The molecule has 0 aromatic carbocycles. The summed E-state index contributed by atoms with van der Waals surface area (Å²) < 4.78 is 5.39. The van der Waals surface area contributed by atoms with Gasteiger partial charge in [-0.3, -0.25) is 0 Å². The van der Waals surface area contributed by atoms with E-state index < -0.39 is 0 Å². The summed E-state index contributed by atoms with van der Waals surface area (Å²) in [7, 11) is 0. The zero-order valence-corrected chi connectivity index (χ0v) is 12.9. The van der Waals surface area contributed by atoms with Crippen molar-refractivity contribution in [1.29, 1.82) is 0 Å². The molecule has 20 heavy (non-hydrogen) atoms. The second-order valence-corrected chi connectivity index (χ2v) is 5.90. The lowest BCUT2D eigenvalue weighted by Crippen LogP contribution is -2.13. The number of anilines is 2. The number of aromatic nitrogens is 3. The second-order valence-electron chi connectivity index (χ2n) is 5.90. The van der Waals surface area contributed by atoms with Gasteiger partial charge in [0.15, 0.2) is 0 Å². The summed E-state index contributed by atoms with van der Waals surface area (Å²) in [4.78, 5) is 12.9. The van der Waals surface area contributed by atoms with Crippen molar-refractivity contribution in [2.45, 2.75) is 40.5 Å². The Kier molecular flexibility index (Phi) is 4.62. The summed E-state index contributed by atoms with van der Waals surface area (Å²) in [5, 5.41) is 6.47. The molecular weight excluding hydrogens is 254 g/mol. The Hall–Kier alpha value is -1.59. The maximum Gasteiger partial charge on any atom is 0.323 e. The Morgan fingerprint density at radius 2 is 1.80 bits per heavy atom. The first-order chi connectivity index (χ1) is 9.55. The maximum atomic E-state index is 5.39. The van der Waals surface area contributed by atoms with E-state index in [4.69, 9.17) is 4.74 Å². The van der Waals surface area contributed by atoms with E-state index in [1.807, 2.05) is 6.92 Å². The highest BCUT2D eigenvalue weighted by Crippen LogP contribution is 2.51. The fraction of sp³-hybridized carbons (Fsp3) is 0.786. The summed E-state index contributed by atoms with van der Waals surface area (Å²) in [5.74, 6) is 1.86. The lowest BCUT2D eigenvalue weighted by Gasteiger charge is -2.10. The van der Waals surface area contributed by atoms with Gasteiger partial charge >= 0.3 is 6.01 Å². The van der Waals surface area contributed by atoms with E-state index in [1.54, 1.807) is 0 Å². The SMILES string of the molecule is CCCNc1nc(NCC2CC2(C)C)nc(OCC)n1. The molecule has 1 fully saturated rings. The van der Waals surface area contributed by atoms with Gasteiger partial charge in [-0.15, -0.1) is 0 Å². The van der Waals surface area contributed by atoms with Gasteiger partial charge in [0, 0.05) is 13.1 Å². The third-order valence-electron chi connectivity index (χ3n) is 3.65. The molecule has 0 aliphatic heterocycles. The molecule has 1 aliphatic carbocycles. The first kappa shape index (κ1) is 14.8. The zero-order valence-electron chi connectivity index (χ0n) is 12.9. The van der Waals surface area contributed by atoms with Crippen LogP contribution in [0.1, 0.15) is 40.5 Å². The number of ether oxygens (including phenoxy) is 1.